The van der Waals surface area contributed by atoms with E-state index in [4.69, 9.17) is 22.1 Å². The molecule has 0 atom stereocenters. The number of benzene rings is 2. The zero-order valence-electron chi connectivity index (χ0n) is 14.7. The van der Waals surface area contributed by atoms with Crippen molar-refractivity contribution in [1.82, 2.24) is 15.0 Å². The zero-order chi connectivity index (χ0) is 18.5. The molecule has 0 saturated carbocycles. The molecular weight excluding hydrogens is 350 g/mol. The molecule has 0 fully saturated rings. The highest BCUT2D eigenvalue weighted by Crippen LogP contribution is 2.22. The molecule has 0 aliphatic heterocycles. The number of hydrogen-bond acceptors (Lipinski definition) is 6. The normalized spacial score (nSPS) is 10.6. The Balaban J connectivity index is 1.76. The molecule has 0 aliphatic carbocycles. The van der Waals surface area contributed by atoms with Crippen LogP contribution in [-0.2, 0) is 13.0 Å². The van der Waals surface area contributed by atoms with Crippen LogP contribution in [0.1, 0.15) is 23.9 Å². The van der Waals surface area contributed by atoms with E-state index in [-0.39, 0.29) is 12.6 Å². The van der Waals surface area contributed by atoms with Gasteiger partial charge >= 0.3 is 0 Å². The lowest BCUT2D eigenvalue weighted by atomic mass is 10.1. The molecule has 2 aromatic carbocycles. The average molecular weight is 370 g/mol. The summed E-state index contributed by atoms with van der Waals surface area (Å²) in [6.45, 7) is 4.19. The lowest BCUT2D eigenvalue weighted by Gasteiger charge is -2.11. The quantitative estimate of drug-likeness (QED) is 0.673. The molecule has 0 aliphatic rings. The minimum atomic E-state index is 0.141. The van der Waals surface area contributed by atoms with Crippen molar-refractivity contribution in [2.45, 2.75) is 26.9 Å². The molecule has 1 heterocycles. The first kappa shape index (κ1) is 17.9. The van der Waals surface area contributed by atoms with Crippen LogP contribution in [0.5, 0.6) is 5.75 Å². The third kappa shape index (κ3) is 4.40. The average Bonchev–Trinajstić information content (AvgIpc) is 2.63. The Hall–Kier alpha value is -2.86. The number of nitrogens with zero attached hydrogens (tertiary/aromatic N) is 3. The van der Waals surface area contributed by atoms with Gasteiger partial charge in [0.25, 0.3) is 0 Å². The van der Waals surface area contributed by atoms with Gasteiger partial charge in [-0.2, -0.15) is 15.0 Å². The maximum absolute atomic E-state index is 6.03. The second kappa shape index (κ2) is 8.01. The second-order valence-corrected chi connectivity index (χ2v) is 6.18. The van der Waals surface area contributed by atoms with Crippen molar-refractivity contribution < 1.29 is 4.74 Å². The number of anilines is 3. The van der Waals surface area contributed by atoms with Crippen LogP contribution in [-0.4, -0.2) is 15.0 Å². The summed E-state index contributed by atoms with van der Waals surface area (Å²) in [5.41, 5.74) is 8.88. The van der Waals surface area contributed by atoms with Crippen molar-refractivity contribution in [3.63, 3.8) is 0 Å². The van der Waals surface area contributed by atoms with Crippen molar-refractivity contribution in [2.75, 3.05) is 11.1 Å². The lowest BCUT2D eigenvalue weighted by molar-refractivity contribution is 0.295. The molecule has 0 radical (unpaired) electrons. The smallest absolute Gasteiger partial charge is 0.232 e. The summed E-state index contributed by atoms with van der Waals surface area (Å²) in [6.07, 6.45) is 0.898. The molecule has 134 valence electrons. The SMILES string of the molecule is CCc1ccccc1Nc1nc(N)nc(COc2ccc(Cl)c(C)c2)n1. The number of rotatable bonds is 6. The van der Waals surface area contributed by atoms with Crippen LogP contribution in [0, 0.1) is 6.92 Å². The van der Waals surface area contributed by atoms with E-state index in [2.05, 4.69) is 33.3 Å². The van der Waals surface area contributed by atoms with Gasteiger partial charge in [-0.05, 0) is 48.7 Å². The van der Waals surface area contributed by atoms with Crippen LogP contribution in [0.2, 0.25) is 5.02 Å². The van der Waals surface area contributed by atoms with Crippen LogP contribution >= 0.6 is 11.6 Å². The Bertz CT molecular complexity index is 916. The highest BCUT2D eigenvalue weighted by molar-refractivity contribution is 6.31. The number of nitrogen functional groups attached to an aromatic ring is 1. The lowest BCUT2D eigenvalue weighted by Crippen LogP contribution is -2.10. The zero-order valence-corrected chi connectivity index (χ0v) is 15.4. The third-order valence-corrected chi connectivity index (χ3v) is 4.27. The van der Waals surface area contributed by atoms with Crippen molar-refractivity contribution in [1.29, 1.82) is 0 Å². The largest absolute Gasteiger partial charge is 0.486 e. The van der Waals surface area contributed by atoms with Gasteiger partial charge in [0.1, 0.15) is 12.4 Å². The second-order valence-electron chi connectivity index (χ2n) is 5.77. The van der Waals surface area contributed by atoms with Gasteiger partial charge in [0.2, 0.25) is 11.9 Å². The van der Waals surface area contributed by atoms with E-state index in [1.807, 2.05) is 31.2 Å². The van der Waals surface area contributed by atoms with Crippen molar-refractivity contribution in [3.05, 3.63) is 64.4 Å². The first-order valence-electron chi connectivity index (χ1n) is 8.29. The number of aryl methyl sites for hydroxylation is 2. The van der Waals surface area contributed by atoms with Crippen LogP contribution in [0.25, 0.3) is 0 Å². The molecule has 0 saturated heterocycles. The van der Waals surface area contributed by atoms with Crippen LogP contribution in [0.4, 0.5) is 17.6 Å². The highest BCUT2D eigenvalue weighted by Gasteiger charge is 2.08. The summed E-state index contributed by atoms with van der Waals surface area (Å²) < 4.78 is 5.74. The topological polar surface area (TPSA) is 86.0 Å². The molecule has 0 amide bonds. The molecule has 0 unspecified atom stereocenters. The number of aromatic nitrogens is 3. The minimum absolute atomic E-state index is 0.141. The predicted molar refractivity (Wildman–Crippen MR) is 104 cm³/mol. The summed E-state index contributed by atoms with van der Waals surface area (Å²) in [6, 6.07) is 13.5. The molecule has 6 nitrogen and oxygen atoms in total. The van der Waals surface area contributed by atoms with Crippen LogP contribution in [0.3, 0.4) is 0 Å². The number of para-hydroxylation sites is 1. The van der Waals surface area contributed by atoms with E-state index in [0.717, 1.165) is 17.7 Å². The molecular formula is C19H20ClN5O. The predicted octanol–water partition coefficient (Wildman–Crippen LogP) is 4.30. The van der Waals surface area contributed by atoms with E-state index in [9.17, 15) is 0 Å². The van der Waals surface area contributed by atoms with E-state index in [1.165, 1.54) is 5.56 Å². The van der Waals surface area contributed by atoms with E-state index < -0.39 is 0 Å². The van der Waals surface area contributed by atoms with Gasteiger partial charge in [-0.3, -0.25) is 0 Å². The molecule has 3 aromatic rings. The standard InChI is InChI=1S/C19H20ClN5O/c1-3-13-6-4-5-7-16(13)22-19-24-17(23-18(21)25-19)11-26-14-8-9-15(20)12(2)10-14/h4-10H,3,11H2,1-2H3,(H3,21,22,23,24,25). The summed E-state index contributed by atoms with van der Waals surface area (Å²) in [7, 11) is 0. The van der Waals surface area contributed by atoms with Crippen molar-refractivity contribution >= 4 is 29.2 Å². The minimum Gasteiger partial charge on any atom is -0.486 e. The Morgan fingerprint density at radius 1 is 1.12 bits per heavy atom. The summed E-state index contributed by atoms with van der Waals surface area (Å²) in [5.74, 6) is 1.67. The Morgan fingerprint density at radius 2 is 1.92 bits per heavy atom. The molecule has 3 N–H and O–H groups in total. The van der Waals surface area contributed by atoms with Crippen molar-refractivity contribution in [2.24, 2.45) is 0 Å². The van der Waals surface area contributed by atoms with Crippen LogP contribution < -0.4 is 15.8 Å². The summed E-state index contributed by atoms with van der Waals surface area (Å²) in [5, 5.41) is 3.90. The fourth-order valence-electron chi connectivity index (χ4n) is 2.48. The van der Waals surface area contributed by atoms with Gasteiger partial charge in [-0.25, -0.2) is 0 Å². The molecule has 1 aromatic heterocycles. The van der Waals surface area contributed by atoms with Crippen molar-refractivity contribution in [3.8, 4) is 5.75 Å². The Kier molecular flexibility index (Phi) is 5.53. The first-order chi connectivity index (χ1) is 12.5. The molecule has 26 heavy (non-hydrogen) atoms. The van der Waals surface area contributed by atoms with Crippen LogP contribution in [0.15, 0.2) is 42.5 Å². The summed E-state index contributed by atoms with van der Waals surface area (Å²) in [4.78, 5) is 12.7. The molecule has 3 rings (SSSR count). The first-order valence-corrected chi connectivity index (χ1v) is 8.67. The van der Waals surface area contributed by atoms with E-state index in [0.29, 0.717) is 22.5 Å². The fraction of sp³-hybridized carbons (Fsp3) is 0.211. The Labute approximate surface area is 157 Å². The number of hydrogen-bond donors (Lipinski definition) is 2. The van der Waals surface area contributed by atoms with E-state index in [1.54, 1.807) is 12.1 Å². The number of ether oxygens (including phenoxy) is 1. The number of nitrogens with one attached hydrogen (secondary N) is 1. The van der Waals surface area contributed by atoms with Gasteiger partial charge in [0.15, 0.2) is 5.82 Å². The molecule has 0 spiro atoms. The Morgan fingerprint density at radius 3 is 2.69 bits per heavy atom. The van der Waals surface area contributed by atoms with Gasteiger partial charge in [-0.15, -0.1) is 0 Å². The van der Waals surface area contributed by atoms with E-state index >= 15 is 0 Å². The summed E-state index contributed by atoms with van der Waals surface area (Å²) >= 11 is 6.03. The monoisotopic (exact) mass is 369 g/mol. The third-order valence-electron chi connectivity index (χ3n) is 3.84. The fourth-order valence-corrected chi connectivity index (χ4v) is 2.60. The molecule has 7 heteroatoms. The van der Waals surface area contributed by atoms with Gasteiger partial charge in [-0.1, -0.05) is 36.7 Å². The van der Waals surface area contributed by atoms with Gasteiger partial charge in [0, 0.05) is 10.7 Å². The van der Waals surface area contributed by atoms with Gasteiger partial charge in [0.05, 0.1) is 0 Å². The number of nitrogens with two attached hydrogens (primary N) is 1. The molecule has 0 bridgehead atoms. The number of halogens is 1. The highest BCUT2D eigenvalue weighted by atomic mass is 35.5. The maximum Gasteiger partial charge on any atom is 0.232 e. The maximum atomic E-state index is 6.03. The van der Waals surface area contributed by atoms with Gasteiger partial charge < -0.3 is 15.8 Å².